The van der Waals surface area contributed by atoms with Crippen LogP contribution in [0.3, 0.4) is 0 Å². The lowest BCUT2D eigenvalue weighted by Gasteiger charge is -2.15. The number of nitrogens with zero attached hydrogens (tertiary/aromatic N) is 2. The van der Waals surface area contributed by atoms with E-state index in [2.05, 4.69) is 17.1 Å². The van der Waals surface area contributed by atoms with Gasteiger partial charge in [0.25, 0.3) is 5.56 Å². The lowest BCUT2D eigenvalue weighted by atomic mass is 10.1. The number of aromatic nitrogens is 2. The first kappa shape index (κ1) is 18.4. The van der Waals surface area contributed by atoms with Gasteiger partial charge in [0.1, 0.15) is 5.78 Å². The maximum atomic E-state index is 13.0. The Morgan fingerprint density at radius 2 is 1.81 bits per heavy atom. The van der Waals surface area contributed by atoms with E-state index in [1.165, 1.54) is 17.3 Å². The van der Waals surface area contributed by atoms with Gasteiger partial charge in [-0.15, -0.1) is 0 Å². The van der Waals surface area contributed by atoms with Crippen molar-refractivity contribution < 1.29 is 4.79 Å². The first-order valence-electron chi connectivity index (χ1n) is 8.77. The van der Waals surface area contributed by atoms with E-state index in [0.717, 1.165) is 12.8 Å². The molecule has 2 aromatic carbocycles. The van der Waals surface area contributed by atoms with Crippen LogP contribution in [0.5, 0.6) is 0 Å². The van der Waals surface area contributed by atoms with Crippen LogP contribution in [0, 0.1) is 0 Å². The summed E-state index contributed by atoms with van der Waals surface area (Å²) in [5.74, 6) is 0.0771. The molecule has 4 nitrogen and oxygen atoms in total. The number of benzene rings is 2. The molecule has 0 radical (unpaired) electrons. The average Bonchev–Trinajstić information content (AvgIpc) is 2.65. The molecular formula is C21H22N2O2S. The van der Waals surface area contributed by atoms with Gasteiger partial charge < -0.3 is 0 Å². The van der Waals surface area contributed by atoms with Crippen molar-refractivity contribution in [3.63, 3.8) is 0 Å². The number of ketones is 1. The molecule has 134 valence electrons. The molecule has 0 aliphatic heterocycles. The molecule has 3 rings (SSSR count). The normalized spacial score (nSPS) is 12.2. The highest BCUT2D eigenvalue weighted by Gasteiger charge is 2.16. The van der Waals surface area contributed by atoms with Crippen LogP contribution in [-0.4, -0.2) is 20.6 Å². The van der Waals surface area contributed by atoms with Gasteiger partial charge in [-0.2, -0.15) is 0 Å². The molecule has 0 saturated heterocycles. The van der Waals surface area contributed by atoms with Gasteiger partial charge in [0.15, 0.2) is 5.16 Å². The van der Waals surface area contributed by atoms with Crippen LogP contribution >= 0.6 is 11.8 Å². The van der Waals surface area contributed by atoms with Crippen molar-refractivity contribution in [2.75, 3.05) is 0 Å². The van der Waals surface area contributed by atoms with Crippen molar-refractivity contribution in [1.82, 2.24) is 9.55 Å². The maximum Gasteiger partial charge on any atom is 0.262 e. The summed E-state index contributed by atoms with van der Waals surface area (Å²) in [6.45, 7) is 4.00. The summed E-state index contributed by atoms with van der Waals surface area (Å²) in [6, 6.07) is 17.6. The van der Waals surface area contributed by atoms with E-state index in [1.807, 2.05) is 43.3 Å². The van der Waals surface area contributed by atoms with E-state index in [1.54, 1.807) is 17.6 Å². The van der Waals surface area contributed by atoms with Gasteiger partial charge in [0.2, 0.25) is 0 Å². The molecule has 0 bridgehead atoms. The second-order valence-electron chi connectivity index (χ2n) is 6.33. The van der Waals surface area contributed by atoms with Gasteiger partial charge in [-0.3, -0.25) is 14.2 Å². The summed E-state index contributed by atoms with van der Waals surface area (Å²) in [6.07, 6.45) is 1.73. The standard InChI is InChI=1S/C21H22N2O2S/c1-15(24)16(2)26-21-22-19-13-7-6-12-18(19)20(25)23(21)14-8-11-17-9-4-3-5-10-17/h3-7,9-10,12-13,16H,8,11,14H2,1-2H3. The van der Waals surface area contributed by atoms with Gasteiger partial charge in [-0.1, -0.05) is 54.2 Å². The van der Waals surface area contributed by atoms with Crippen LogP contribution in [0.1, 0.15) is 25.8 Å². The molecule has 26 heavy (non-hydrogen) atoms. The molecular weight excluding hydrogens is 344 g/mol. The minimum Gasteiger partial charge on any atom is -0.299 e. The fourth-order valence-corrected chi connectivity index (χ4v) is 3.70. The summed E-state index contributed by atoms with van der Waals surface area (Å²) in [5.41, 5.74) is 1.89. The fraction of sp³-hybridized carbons (Fsp3) is 0.286. The van der Waals surface area contributed by atoms with Crippen molar-refractivity contribution in [1.29, 1.82) is 0 Å². The number of para-hydroxylation sites is 1. The Morgan fingerprint density at radius 3 is 2.54 bits per heavy atom. The summed E-state index contributed by atoms with van der Waals surface area (Å²) in [4.78, 5) is 29.3. The Morgan fingerprint density at radius 1 is 1.12 bits per heavy atom. The van der Waals surface area contributed by atoms with Crippen LogP contribution < -0.4 is 5.56 Å². The van der Waals surface area contributed by atoms with Gasteiger partial charge in [0, 0.05) is 6.54 Å². The zero-order chi connectivity index (χ0) is 18.5. The summed E-state index contributed by atoms with van der Waals surface area (Å²) < 4.78 is 1.72. The van der Waals surface area contributed by atoms with E-state index >= 15 is 0 Å². The Labute approximate surface area is 157 Å². The quantitative estimate of drug-likeness (QED) is 0.467. The molecule has 3 aromatic rings. The largest absolute Gasteiger partial charge is 0.299 e. The minimum absolute atomic E-state index is 0.0399. The minimum atomic E-state index is -0.233. The fourth-order valence-electron chi connectivity index (χ4n) is 2.76. The van der Waals surface area contributed by atoms with Crippen LogP contribution in [-0.2, 0) is 17.8 Å². The van der Waals surface area contributed by atoms with E-state index in [0.29, 0.717) is 22.6 Å². The first-order chi connectivity index (χ1) is 12.6. The van der Waals surface area contributed by atoms with Crippen LogP contribution in [0.2, 0.25) is 0 Å². The Bertz CT molecular complexity index is 967. The van der Waals surface area contributed by atoms with E-state index in [4.69, 9.17) is 0 Å². The highest BCUT2D eigenvalue weighted by molar-refractivity contribution is 8.00. The smallest absolute Gasteiger partial charge is 0.262 e. The summed E-state index contributed by atoms with van der Waals surface area (Å²) in [7, 11) is 0. The van der Waals surface area contributed by atoms with Gasteiger partial charge in [0.05, 0.1) is 16.2 Å². The van der Waals surface area contributed by atoms with Crippen molar-refractivity contribution in [2.45, 2.75) is 43.6 Å². The number of thioether (sulfide) groups is 1. The predicted molar refractivity (Wildman–Crippen MR) is 107 cm³/mol. The lowest BCUT2D eigenvalue weighted by molar-refractivity contribution is -0.116. The molecule has 0 fully saturated rings. The summed E-state index contributed by atoms with van der Waals surface area (Å²) in [5, 5.41) is 1.000. The molecule has 0 amide bonds. The highest BCUT2D eigenvalue weighted by atomic mass is 32.2. The topological polar surface area (TPSA) is 52.0 Å². The van der Waals surface area contributed by atoms with Crippen molar-refractivity contribution >= 4 is 28.4 Å². The number of hydrogen-bond donors (Lipinski definition) is 0. The average molecular weight is 366 g/mol. The Balaban J connectivity index is 1.91. The number of fused-ring (bicyclic) bond motifs is 1. The van der Waals surface area contributed by atoms with Crippen molar-refractivity contribution in [3.8, 4) is 0 Å². The monoisotopic (exact) mass is 366 g/mol. The van der Waals surface area contributed by atoms with Gasteiger partial charge in [-0.05, 0) is 44.4 Å². The predicted octanol–water partition coefficient (Wildman–Crippen LogP) is 4.10. The number of carbonyl (C=O) groups excluding carboxylic acids is 1. The zero-order valence-electron chi connectivity index (χ0n) is 15.0. The van der Waals surface area contributed by atoms with Crippen molar-refractivity contribution in [3.05, 3.63) is 70.5 Å². The Kier molecular flexibility index (Phi) is 5.89. The second-order valence-corrected chi connectivity index (χ2v) is 7.64. The van der Waals surface area contributed by atoms with Crippen LogP contribution in [0.4, 0.5) is 0 Å². The molecule has 1 atom stereocenters. The second kappa shape index (κ2) is 8.32. The van der Waals surface area contributed by atoms with Crippen LogP contribution in [0.25, 0.3) is 10.9 Å². The van der Waals surface area contributed by atoms with Gasteiger partial charge in [-0.25, -0.2) is 4.98 Å². The third kappa shape index (κ3) is 4.22. The van der Waals surface area contributed by atoms with Crippen molar-refractivity contribution in [2.24, 2.45) is 0 Å². The molecule has 0 spiro atoms. The molecule has 0 aliphatic carbocycles. The third-order valence-corrected chi connectivity index (χ3v) is 5.58. The zero-order valence-corrected chi connectivity index (χ0v) is 15.8. The summed E-state index contributed by atoms with van der Waals surface area (Å²) >= 11 is 1.36. The number of Topliss-reactive ketones (excluding diaryl/α,β-unsaturated/α-hetero) is 1. The van der Waals surface area contributed by atoms with E-state index < -0.39 is 0 Å². The Hall–Kier alpha value is -2.40. The van der Waals surface area contributed by atoms with E-state index in [-0.39, 0.29) is 16.6 Å². The number of hydrogen-bond acceptors (Lipinski definition) is 4. The third-order valence-electron chi connectivity index (χ3n) is 4.37. The molecule has 5 heteroatoms. The molecule has 1 aromatic heterocycles. The van der Waals surface area contributed by atoms with E-state index in [9.17, 15) is 9.59 Å². The molecule has 0 aliphatic rings. The lowest BCUT2D eigenvalue weighted by Crippen LogP contribution is -2.25. The van der Waals surface area contributed by atoms with Crippen LogP contribution in [0.15, 0.2) is 64.5 Å². The molecule has 1 unspecified atom stereocenters. The number of aryl methyl sites for hydroxylation is 1. The van der Waals surface area contributed by atoms with Gasteiger partial charge >= 0.3 is 0 Å². The molecule has 0 saturated carbocycles. The SMILES string of the molecule is CC(=O)C(C)Sc1nc2ccccc2c(=O)n1CCCc1ccccc1. The number of rotatable bonds is 7. The maximum absolute atomic E-state index is 13.0. The number of carbonyl (C=O) groups is 1. The highest BCUT2D eigenvalue weighted by Crippen LogP contribution is 2.23. The molecule has 0 N–H and O–H groups in total. The first-order valence-corrected chi connectivity index (χ1v) is 9.65. The molecule has 1 heterocycles.